The number of nitrogens with zero attached hydrogens (tertiary/aromatic N) is 1. The molecule has 0 aliphatic heterocycles. The molecule has 174 valence electrons. The topological polar surface area (TPSA) is 84.9 Å². The van der Waals surface area contributed by atoms with E-state index in [0.717, 1.165) is 15.4 Å². The standard InChI is InChI=1S/C25H28N2O5S/c1-19-7-9-21(10-8-19)27(33(29,30)24-13-11-22(31-3)12-14-24)18-25(28)26-15-16-32-23-6-4-5-20(2)17-23/h4-14,17H,15-16,18H2,1-3H3,(H,26,28). The zero-order valence-corrected chi connectivity index (χ0v) is 19.8. The summed E-state index contributed by atoms with van der Waals surface area (Å²) < 4.78 is 38.6. The molecule has 0 saturated carbocycles. The van der Waals surface area contributed by atoms with Crippen LogP contribution in [-0.2, 0) is 14.8 Å². The van der Waals surface area contributed by atoms with Gasteiger partial charge in [0.15, 0.2) is 0 Å². The summed E-state index contributed by atoms with van der Waals surface area (Å²) >= 11 is 0. The first-order chi connectivity index (χ1) is 15.8. The number of nitrogens with one attached hydrogen (secondary N) is 1. The van der Waals surface area contributed by atoms with E-state index in [9.17, 15) is 13.2 Å². The number of rotatable bonds is 10. The molecule has 0 atom stereocenters. The van der Waals surface area contributed by atoms with Crippen molar-refractivity contribution in [3.63, 3.8) is 0 Å². The number of sulfonamides is 1. The van der Waals surface area contributed by atoms with Gasteiger partial charge in [-0.2, -0.15) is 0 Å². The summed E-state index contributed by atoms with van der Waals surface area (Å²) in [6.07, 6.45) is 0. The smallest absolute Gasteiger partial charge is 0.264 e. The summed E-state index contributed by atoms with van der Waals surface area (Å²) in [6, 6.07) is 20.7. The first-order valence-electron chi connectivity index (χ1n) is 10.5. The molecule has 8 heteroatoms. The highest BCUT2D eigenvalue weighted by molar-refractivity contribution is 7.92. The van der Waals surface area contributed by atoms with Crippen LogP contribution in [0.15, 0.2) is 77.7 Å². The quantitative estimate of drug-likeness (QED) is 0.459. The number of amides is 1. The monoisotopic (exact) mass is 468 g/mol. The lowest BCUT2D eigenvalue weighted by molar-refractivity contribution is -0.119. The predicted octanol–water partition coefficient (Wildman–Crippen LogP) is 3.70. The largest absolute Gasteiger partial charge is 0.497 e. The van der Waals surface area contributed by atoms with Crippen LogP contribution in [0.25, 0.3) is 0 Å². The van der Waals surface area contributed by atoms with Gasteiger partial charge in [-0.25, -0.2) is 8.42 Å². The maximum atomic E-state index is 13.4. The van der Waals surface area contributed by atoms with Gasteiger partial charge in [-0.1, -0.05) is 29.8 Å². The van der Waals surface area contributed by atoms with Crippen molar-refractivity contribution in [1.29, 1.82) is 0 Å². The van der Waals surface area contributed by atoms with Crippen LogP contribution >= 0.6 is 0 Å². The molecule has 3 aromatic rings. The van der Waals surface area contributed by atoms with Crippen LogP contribution in [0.1, 0.15) is 11.1 Å². The zero-order valence-electron chi connectivity index (χ0n) is 18.9. The lowest BCUT2D eigenvalue weighted by atomic mass is 10.2. The van der Waals surface area contributed by atoms with Gasteiger partial charge >= 0.3 is 0 Å². The molecule has 1 amide bonds. The molecule has 0 saturated heterocycles. The van der Waals surface area contributed by atoms with Gasteiger partial charge in [0.2, 0.25) is 5.91 Å². The second-order valence-corrected chi connectivity index (χ2v) is 9.40. The molecule has 0 bridgehead atoms. The number of benzene rings is 3. The molecule has 33 heavy (non-hydrogen) atoms. The number of methoxy groups -OCH3 is 1. The number of aryl methyl sites for hydroxylation is 2. The molecule has 3 aromatic carbocycles. The Labute approximate surface area is 195 Å². The Kier molecular flexibility index (Phi) is 7.95. The fraction of sp³-hybridized carbons (Fsp3) is 0.240. The van der Waals surface area contributed by atoms with Crippen LogP contribution in [0.3, 0.4) is 0 Å². The van der Waals surface area contributed by atoms with Crippen molar-refractivity contribution in [2.75, 3.05) is 31.1 Å². The first-order valence-corrected chi connectivity index (χ1v) is 11.9. The number of hydrogen-bond acceptors (Lipinski definition) is 5. The van der Waals surface area contributed by atoms with E-state index in [1.54, 1.807) is 36.4 Å². The van der Waals surface area contributed by atoms with Gasteiger partial charge in [-0.3, -0.25) is 9.10 Å². The number of ether oxygens (including phenoxy) is 2. The molecule has 0 spiro atoms. The SMILES string of the molecule is COc1ccc(S(=O)(=O)N(CC(=O)NCCOc2cccc(C)c2)c2ccc(C)cc2)cc1. The lowest BCUT2D eigenvalue weighted by Gasteiger charge is -2.24. The average molecular weight is 469 g/mol. The number of carbonyl (C=O) groups excluding carboxylic acids is 1. The number of carbonyl (C=O) groups is 1. The molecule has 0 aliphatic rings. The van der Waals surface area contributed by atoms with Crippen molar-refractivity contribution in [2.24, 2.45) is 0 Å². The fourth-order valence-corrected chi connectivity index (χ4v) is 4.57. The Morgan fingerprint density at radius 1 is 0.909 bits per heavy atom. The van der Waals surface area contributed by atoms with Crippen molar-refractivity contribution in [1.82, 2.24) is 5.32 Å². The molecule has 3 rings (SSSR count). The second-order valence-electron chi connectivity index (χ2n) is 7.54. The summed E-state index contributed by atoms with van der Waals surface area (Å²) in [5, 5.41) is 2.73. The van der Waals surface area contributed by atoms with E-state index in [-0.39, 0.29) is 24.6 Å². The van der Waals surface area contributed by atoms with E-state index in [2.05, 4.69) is 5.32 Å². The van der Waals surface area contributed by atoms with Crippen molar-refractivity contribution in [3.8, 4) is 11.5 Å². The van der Waals surface area contributed by atoms with Crippen molar-refractivity contribution in [2.45, 2.75) is 18.7 Å². The van der Waals surface area contributed by atoms with Crippen LogP contribution < -0.4 is 19.1 Å². The summed E-state index contributed by atoms with van der Waals surface area (Å²) in [7, 11) is -2.47. The van der Waals surface area contributed by atoms with E-state index in [1.165, 1.54) is 19.2 Å². The summed E-state index contributed by atoms with van der Waals surface area (Å²) in [6.45, 7) is 4.04. The maximum Gasteiger partial charge on any atom is 0.264 e. The van der Waals surface area contributed by atoms with Gasteiger partial charge in [0.25, 0.3) is 10.0 Å². The van der Waals surface area contributed by atoms with Crippen molar-refractivity contribution < 1.29 is 22.7 Å². The third-order valence-corrected chi connectivity index (χ3v) is 6.73. The van der Waals surface area contributed by atoms with Gasteiger partial charge in [-0.05, 0) is 67.9 Å². The van der Waals surface area contributed by atoms with Crippen molar-refractivity contribution >= 4 is 21.6 Å². The molecular formula is C25H28N2O5S. The number of anilines is 1. The third kappa shape index (κ3) is 6.49. The molecular weight excluding hydrogens is 440 g/mol. The minimum atomic E-state index is -3.98. The second kappa shape index (κ2) is 10.9. The van der Waals surface area contributed by atoms with Gasteiger partial charge < -0.3 is 14.8 Å². The summed E-state index contributed by atoms with van der Waals surface area (Å²) in [5.41, 5.74) is 2.47. The Morgan fingerprint density at radius 3 is 2.24 bits per heavy atom. The van der Waals surface area contributed by atoms with Crippen LogP contribution in [-0.4, -0.2) is 41.1 Å². The van der Waals surface area contributed by atoms with Gasteiger partial charge in [-0.15, -0.1) is 0 Å². The summed E-state index contributed by atoms with van der Waals surface area (Å²) in [5.74, 6) is 0.829. The van der Waals surface area contributed by atoms with E-state index >= 15 is 0 Å². The zero-order chi connectivity index (χ0) is 23.8. The van der Waals surface area contributed by atoms with Crippen LogP contribution in [0, 0.1) is 13.8 Å². The molecule has 0 aliphatic carbocycles. The summed E-state index contributed by atoms with van der Waals surface area (Å²) in [4.78, 5) is 12.7. The Bertz CT molecular complexity index is 1180. The van der Waals surface area contributed by atoms with E-state index in [1.807, 2.05) is 38.1 Å². The third-order valence-electron chi connectivity index (χ3n) is 4.94. The fourth-order valence-electron chi connectivity index (χ4n) is 3.15. The molecule has 7 nitrogen and oxygen atoms in total. The lowest BCUT2D eigenvalue weighted by Crippen LogP contribution is -2.41. The van der Waals surface area contributed by atoms with E-state index in [4.69, 9.17) is 9.47 Å². The van der Waals surface area contributed by atoms with Gasteiger partial charge in [0.05, 0.1) is 24.2 Å². The molecule has 0 radical (unpaired) electrons. The first kappa shape index (κ1) is 24.1. The normalized spacial score (nSPS) is 11.0. The van der Waals surface area contributed by atoms with Gasteiger partial charge in [0, 0.05) is 0 Å². The predicted molar refractivity (Wildman–Crippen MR) is 128 cm³/mol. The highest BCUT2D eigenvalue weighted by atomic mass is 32.2. The average Bonchev–Trinajstić information content (AvgIpc) is 2.81. The molecule has 0 heterocycles. The van der Waals surface area contributed by atoms with Crippen LogP contribution in [0.2, 0.25) is 0 Å². The highest BCUT2D eigenvalue weighted by Gasteiger charge is 2.27. The van der Waals surface area contributed by atoms with E-state index < -0.39 is 15.9 Å². The van der Waals surface area contributed by atoms with Crippen LogP contribution in [0.5, 0.6) is 11.5 Å². The highest BCUT2D eigenvalue weighted by Crippen LogP contribution is 2.25. The molecule has 0 aromatic heterocycles. The molecule has 0 unspecified atom stereocenters. The minimum Gasteiger partial charge on any atom is -0.497 e. The van der Waals surface area contributed by atoms with Crippen molar-refractivity contribution in [3.05, 3.63) is 83.9 Å². The minimum absolute atomic E-state index is 0.0689. The maximum absolute atomic E-state index is 13.4. The Morgan fingerprint density at radius 2 is 1.61 bits per heavy atom. The van der Waals surface area contributed by atoms with Crippen LogP contribution in [0.4, 0.5) is 5.69 Å². The van der Waals surface area contributed by atoms with E-state index in [0.29, 0.717) is 17.2 Å². The Balaban J connectivity index is 1.71. The molecule has 0 fully saturated rings. The van der Waals surface area contributed by atoms with Gasteiger partial charge in [0.1, 0.15) is 24.7 Å². The molecule has 1 N–H and O–H groups in total. The Hall–Kier alpha value is -3.52. The number of hydrogen-bond donors (Lipinski definition) is 1.